The molecule has 1 aromatic rings. The van der Waals surface area contributed by atoms with E-state index in [1.165, 1.54) is 0 Å². The van der Waals surface area contributed by atoms with Crippen LogP contribution < -0.4 is 10.0 Å². The number of rotatable bonds is 5. The molecule has 0 spiro atoms. The third kappa shape index (κ3) is 3.93. The van der Waals surface area contributed by atoms with E-state index in [9.17, 15) is 26.4 Å². The number of piperidine rings is 1. The Morgan fingerprint density at radius 3 is 2.58 bits per heavy atom. The number of sulfonamides is 2. The monoisotopic (exact) mass is 554 g/mol. The van der Waals surface area contributed by atoms with Crippen LogP contribution in [0.2, 0.25) is 0 Å². The fraction of sp³-hybridized carbons (Fsp3) is 0.696. The first-order chi connectivity index (χ1) is 17.0. The second-order valence-corrected chi connectivity index (χ2v) is 15.1. The quantitative estimate of drug-likeness (QED) is 0.531. The SMILES string of the molecule is CS(=O)(=O)NCc1csc2c1S(=O)(=O)N=C(C1C(=O)[C@@H]3[C@H]4CC[C@H](C4)[C@@H]3N(C3CCCCC3)C1=O)N2. The molecule has 1 unspecified atom stereocenters. The van der Waals surface area contributed by atoms with Crippen LogP contribution in [-0.4, -0.2) is 57.6 Å². The molecule has 196 valence electrons. The van der Waals surface area contributed by atoms with Crippen LogP contribution in [0.3, 0.4) is 0 Å². The molecular weight excluding hydrogens is 524 g/mol. The van der Waals surface area contributed by atoms with Crippen molar-refractivity contribution in [3.05, 3.63) is 10.9 Å². The Morgan fingerprint density at radius 1 is 1.14 bits per heavy atom. The molecule has 0 radical (unpaired) electrons. The highest BCUT2D eigenvalue weighted by Crippen LogP contribution is 2.55. The van der Waals surface area contributed by atoms with Crippen molar-refractivity contribution in [1.29, 1.82) is 0 Å². The summed E-state index contributed by atoms with van der Waals surface area (Å²) in [7, 11) is -7.77. The lowest BCUT2D eigenvalue weighted by Gasteiger charge is -2.49. The molecule has 2 aliphatic heterocycles. The van der Waals surface area contributed by atoms with Gasteiger partial charge in [0.05, 0.1) is 6.26 Å². The number of amides is 1. The Hall–Kier alpha value is -1.83. The summed E-state index contributed by atoms with van der Waals surface area (Å²) in [4.78, 5) is 29.7. The van der Waals surface area contributed by atoms with Gasteiger partial charge < -0.3 is 10.2 Å². The number of thiophene rings is 1. The highest BCUT2D eigenvalue weighted by Gasteiger charge is 2.62. The summed E-state index contributed by atoms with van der Waals surface area (Å²) in [5.41, 5.74) is 0.272. The number of hydrogen-bond donors (Lipinski definition) is 2. The molecule has 3 saturated carbocycles. The number of hydrogen-bond acceptors (Lipinski definition) is 8. The van der Waals surface area contributed by atoms with Crippen LogP contribution in [0.4, 0.5) is 5.00 Å². The average Bonchev–Trinajstić information content (AvgIpc) is 3.53. The van der Waals surface area contributed by atoms with Crippen LogP contribution in [0.5, 0.6) is 0 Å². The van der Waals surface area contributed by atoms with E-state index in [1.807, 2.05) is 4.90 Å². The summed E-state index contributed by atoms with van der Waals surface area (Å²) in [5, 5.41) is 4.80. The van der Waals surface area contributed by atoms with Gasteiger partial charge in [-0.05, 0) is 49.3 Å². The Kier molecular flexibility index (Phi) is 5.86. The van der Waals surface area contributed by atoms with Gasteiger partial charge in [0.15, 0.2) is 11.7 Å². The van der Waals surface area contributed by atoms with E-state index in [0.717, 1.165) is 69.0 Å². The third-order valence-corrected chi connectivity index (χ3v) is 11.8. The van der Waals surface area contributed by atoms with Crippen molar-refractivity contribution in [2.75, 3.05) is 11.6 Å². The highest BCUT2D eigenvalue weighted by molar-refractivity contribution is 7.91. The predicted octanol–water partition coefficient (Wildman–Crippen LogP) is 2.08. The molecule has 5 aliphatic rings. The lowest BCUT2D eigenvalue weighted by Crippen LogP contribution is -2.64. The first-order valence-corrected chi connectivity index (χ1v) is 16.8. The van der Waals surface area contributed by atoms with Crippen LogP contribution in [0.25, 0.3) is 0 Å². The molecule has 0 aromatic carbocycles. The fourth-order valence-electron chi connectivity index (χ4n) is 7.23. The zero-order valence-corrected chi connectivity index (χ0v) is 22.4. The van der Waals surface area contributed by atoms with Crippen molar-refractivity contribution in [3.63, 3.8) is 0 Å². The molecule has 1 saturated heterocycles. The normalized spacial score (nSPS) is 33.8. The molecule has 2 N–H and O–H groups in total. The number of carbonyl (C=O) groups excluding carboxylic acids is 2. The Bertz CT molecular complexity index is 1360. The topological polar surface area (TPSA) is 142 Å². The van der Waals surface area contributed by atoms with Crippen LogP contribution in [0.15, 0.2) is 14.7 Å². The third-order valence-electron chi connectivity index (χ3n) is 8.61. The predicted molar refractivity (Wildman–Crippen MR) is 135 cm³/mol. The molecule has 1 aromatic heterocycles. The van der Waals surface area contributed by atoms with Gasteiger partial charge in [-0.15, -0.1) is 15.7 Å². The summed E-state index contributed by atoms with van der Waals surface area (Å²) in [6.07, 6.45) is 9.03. The number of carbonyl (C=O) groups is 2. The standard InChI is InChI=1S/C23H30N4O6S3/c1-35(30,31)24-10-14-11-34-22-20(14)36(32,33)26-21(25-22)17-19(28)16-12-7-8-13(9-12)18(16)27(23(17)29)15-5-3-2-4-6-15/h11-13,15-18,24H,2-10H2,1H3,(H,25,26)/t12-,13+,16+,17?,18-/m0/s1. The van der Waals surface area contributed by atoms with Crippen molar-refractivity contribution >= 4 is 53.9 Å². The van der Waals surface area contributed by atoms with E-state index in [-0.39, 0.29) is 63.5 Å². The summed E-state index contributed by atoms with van der Waals surface area (Å²) >= 11 is 1.09. The zero-order valence-electron chi connectivity index (χ0n) is 20.0. The summed E-state index contributed by atoms with van der Waals surface area (Å²) < 4.78 is 55.8. The first kappa shape index (κ1) is 24.5. The second-order valence-electron chi connectivity index (χ2n) is 10.8. The maximum Gasteiger partial charge on any atom is 0.287 e. The van der Waals surface area contributed by atoms with Gasteiger partial charge in [-0.3, -0.25) is 9.59 Å². The molecule has 13 heteroatoms. The van der Waals surface area contributed by atoms with Crippen molar-refractivity contribution in [1.82, 2.24) is 9.62 Å². The minimum atomic E-state index is -4.24. The molecule has 6 rings (SSSR count). The first-order valence-electron chi connectivity index (χ1n) is 12.6. The maximum atomic E-state index is 14.0. The lowest BCUT2D eigenvalue weighted by atomic mass is 9.72. The molecule has 3 heterocycles. The van der Waals surface area contributed by atoms with Gasteiger partial charge in [0, 0.05) is 30.1 Å². The summed E-state index contributed by atoms with van der Waals surface area (Å²) in [6.45, 7) is -0.194. The average molecular weight is 555 g/mol. The molecule has 1 amide bonds. The Labute approximate surface area is 215 Å². The van der Waals surface area contributed by atoms with E-state index in [2.05, 4.69) is 14.4 Å². The largest absolute Gasteiger partial charge is 0.335 e. The van der Waals surface area contributed by atoms with Gasteiger partial charge in [0.2, 0.25) is 15.9 Å². The van der Waals surface area contributed by atoms with Crippen molar-refractivity contribution in [2.45, 2.75) is 74.9 Å². The number of Topliss-reactive ketones (excluding diaryl/α,β-unsaturated/α-hetero) is 1. The van der Waals surface area contributed by atoms with E-state index in [4.69, 9.17) is 0 Å². The highest BCUT2D eigenvalue weighted by atomic mass is 32.2. The van der Waals surface area contributed by atoms with Crippen molar-refractivity contribution in [2.24, 2.45) is 28.1 Å². The molecule has 4 fully saturated rings. The summed E-state index contributed by atoms with van der Waals surface area (Å²) in [6, 6.07) is 0.00957. The van der Waals surface area contributed by atoms with E-state index >= 15 is 0 Å². The fourth-order valence-corrected chi connectivity index (χ4v) is 10.3. The zero-order chi connectivity index (χ0) is 25.4. The minimum absolute atomic E-state index is 0.0742. The van der Waals surface area contributed by atoms with Gasteiger partial charge in [0.25, 0.3) is 10.0 Å². The van der Waals surface area contributed by atoms with Crippen LogP contribution in [-0.2, 0) is 36.2 Å². The molecule has 10 nitrogen and oxygen atoms in total. The summed E-state index contributed by atoms with van der Waals surface area (Å²) in [5.74, 6) is -1.58. The van der Waals surface area contributed by atoms with E-state index in [0.29, 0.717) is 5.92 Å². The number of ketones is 1. The van der Waals surface area contributed by atoms with Crippen molar-refractivity contribution in [3.8, 4) is 0 Å². The number of fused-ring (bicyclic) bond motifs is 6. The Balaban J connectivity index is 1.36. The number of anilines is 1. The second kappa shape index (κ2) is 8.60. The number of likely N-dealkylation sites (tertiary alicyclic amines) is 1. The van der Waals surface area contributed by atoms with Gasteiger partial charge in [0.1, 0.15) is 15.7 Å². The lowest BCUT2D eigenvalue weighted by molar-refractivity contribution is -0.156. The minimum Gasteiger partial charge on any atom is -0.335 e. The molecule has 36 heavy (non-hydrogen) atoms. The van der Waals surface area contributed by atoms with Gasteiger partial charge in [-0.25, -0.2) is 13.1 Å². The molecule has 2 bridgehead atoms. The van der Waals surface area contributed by atoms with E-state index in [1.54, 1.807) is 5.38 Å². The number of amidine groups is 1. The Morgan fingerprint density at radius 2 is 1.86 bits per heavy atom. The number of nitrogens with zero attached hydrogens (tertiary/aromatic N) is 2. The van der Waals surface area contributed by atoms with E-state index < -0.39 is 26.0 Å². The van der Waals surface area contributed by atoms with Crippen LogP contribution in [0, 0.1) is 23.7 Å². The maximum absolute atomic E-state index is 14.0. The van der Waals surface area contributed by atoms with Gasteiger partial charge >= 0.3 is 0 Å². The smallest absolute Gasteiger partial charge is 0.287 e. The van der Waals surface area contributed by atoms with Crippen LogP contribution >= 0.6 is 11.3 Å². The van der Waals surface area contributed by atoms with Crippen LogP contribution in [0.1, 0.15) is 56.9 Å². The van der Waals surface area contributed by atoms with Crippen molar-refractivity contribution < 1.29 is 26.4 Å². The molecule has 5 atom stereocenters. The number of nitrogens with one attached hydrogen (secondary N) is 2. The van der Waals surface area contributed by atoms with Gasteiger partial charge in [-0.1, -0.05) is 19.3 Å². The molecule has 3 aliphatic carbocycles. The van der Waals surface area contributed by atoms with Gasteiger partial charge in [-0.2, -0.15) is 8.42 Å². The molecular formula is C23H30N4O6S3.